The van der Waals surface area contributed by atoms with Crippen molar-refractivity contribution >= 4 is 34.7 Å². The molecule has 2 heterocycles. The van der Waals surface area contributed by atoms with Crippen molar-refractivity contribution in [2.24, 2.45) is 0 Å². The molecule has 5 rings (SSSR count). The first-order valence-corrected chi connectivity index (χ1v) is 10.9. The molecule has 0 aromatic heterocycles. The SMILES string of the molecule is O=C1C(=Cc2ccc(N3CCOCC3)c([N+](=O)[O-])c2N2CCOCC2)C(=O)c2ccccc21. The molecule has 2 aliphatic heterocycles. The third-order valence-corrected chi connectivity index (χ3v) is 6.23. The molecule has 170 valence electrons. The number of nitro groups is 1. The van der Waals surface area contributed by atoms with Crippen molar-refractivity contribution in [1.82, 2.24) is 0 Å². The predicted molar refractivity (Wildman–Crippen MR) is 122 cm³/mol. The number of hydrogen-bond donors (Lipinski definition) is 0. The summed E-state index contributed by atoms with van der Waals surface area (Å²) in [6.45, 7) is 3.94. The Morgan fingerprint density at radius 3 is 1.91 bits per heavy atom. The summed E-state index contributed by atoms with van der Waals surface area (Å²) in [5, 5.41) is 12.4. The predicted octanol–water partition coefficient (Wildman–Crippen LogP) is 2.73. The molecule has 3 aliphatic rings. The second-order valence-corrected chi connectivity index (χ2v) is 8.09. The monoisotopic (exact) mass is 449 g/mol. The zero-order valence-corrected chi connectivity index (χ0v) is 18.0. The van der Waals surface area contributed by atoms with Crippen LogP contribution < -0.4 is 9.80 Å². The lowest BCUT2D eigenvalue weighted by Gasteiger charge is -2.33. The summed E-state index contributed by atoms with van der Waals surface area (Å²) in [7, 11) is 0. The summed E-state index contributed by atoms with van der Waals surface area (Å²) in [6, 6.07) is 10.2. The highest BCUT2D eigenvalue weighted by Crippen LogP contribution is 2.42. The second-order valence-electron chi connectivity index (χ2n) is 8.09. The van der Waals surface area contributed by atoms with Crippen LogP contribution in [0.15, 0.2) is 42.0 Å². The molecule has 2 aromatic carbocycles. The highest BCUT2D eigenvalue weighted by molar-refractivity contribution is 6.41. The molecule has 9 nitrogen and oxygen atoms in total. The number of ketones is 2. The molecule has 9 heteroatoms. The van der Waals surface area contributed by atoms with Crippen molar-refractivity contribution < 1.29 is 24.0 Å². The molecule has 2 fully saturated rings. The van der Waals surface area contributed by atoms with Gasteiger partial charge in [0.25, 0.3) is 0 Å². The lowest BCUT2D eigenvalue weighted by atomic mass is 10.0. The van der Waals surface area contributed by atoms with Gasteiger partial charge in [-0.15, -0.1) is 0 Å². The third kappa shape index (κ3) is 3.79. The van der Waals surface area contributed by atoms with Crippen LogP contribution in [0.2, 0.25) is 0 Å². The Morgan fingerprint density at radius 1 is 0.818 bits per heavy atom. The molecular formula is C24H23N3O6. The van der Waals surface area contributed by atoms with Gasteiger partial charge in [0, 0.05) is 42.9 Å². The number of benzene rings is 2. The van der Waals surface area contributed by atoms with Crippen LogP contribution in [-0.2, 0) is 9.47 Å². The molecule has 0 spiro atoms. The van der Waals surface area contributed by atoms with Gasteiger partial charge >= 0.3 is 5.69 Å². The molecule has 0 saturated carbocycles. The molecule has 0 atom stereocenters. The van der Waals surface area contributed by atoms with Gasteiger partial charge in [0.05, 0.1) is 36.9 Å². The minimum Gasteiger partial charge on any atom is -0.378 e. The number of Topliss-reactive ketones (excluding diaryl/α,β-unsaturated/α-hetero) is 2. The van der Waals surface area contributed by atoms with Crippen LogP contribution in [0.4, 0.5) is 17.1 Å². The normalized spacial score (nSPS) is 18.5. The number of carbonyl (C=O) groups excluding carboxylic acids is 2. The first-order chi connectivity index (χ1) is 16.1. The summed E-state index contributed by atoms with van der Waals surface area (Å²) in [5.74, 6) is -0.716. The number of fused-ring (bicyclic) bond motifs is 1. The quantitative estimate of drug-likeness (QED) is 0.304. The number of morpholine rings is 2. The van der Waals surface area contributed by atoms with Crippen LogP contribution in [0.1, 0.15) is 26.3 Å². The summed E-state index contributed by atoms with van der Waals surface area (Å²) in [6.07, 6.45) is 1.51. The maximum absolute atomic E-state index is 13.0. The molecule has 33 heavy (non-hydrogen) atoms. The molecule has 0 radical (unpaired) electrons. The standard InChI is InChI=1S/C24H23N3O6/c28-23-17-3-1-2-4-18(17)24(29)19(23)15-16-5-6-20(25-7-11-32-12-8-25)22(27(30)31)21(16)26-9-13-33-14-10-26/h1-6,15H,7-14H2. The number of nitro benzene ring substituents is 1. The van der Waals surface area contributed by atoms with Crippen molar-refractivity contribution in [2.45, 2.75) is 0 Å². The van der Waals surface area contributed by atoms with Crippen LogP contribution in [0.5, 0.6) is 0 Å². The second kappa shape index (κ2) is 8.76. The van der Waals surface area contributed by atoms with E-state index in [1.165, 1.54) is 6.08 Å². The maximum atomic E-state index is 13.0. The maximum Gasteiger partial charge on any atom is 0.316 e. The zero-order valence-electron chi connectivity index (χ0n) is 18.0. The molecule has 0 N–H and O–H groups in total. The third-order valence-electron chi connectivity index (χ3n) is 6.23. The van der Waals surface area contributed by atoms with E-state index in [1.807, 2.05) is 9.80 Å². The fourth-order valence-corrected chi connectivity index (χ4v) is 4.62. The van der Waals surface area contributed by atoms with Gasteiger partial charge < -0.3 is 19.3 Å². The molecule has 0 unspecified atom stereocenters. The summed E-state index contributed by atoms with van der Waals surface area (Å²) in [4.78, 5) is 41.8. The number of anilines is 2. The Hall–Kier alpha value is -3.56. The van der Waals surface area contributed by atoms with Crippen LogP contribution in [0.25, 0.3) is 6.08 Å². The van der Waals surface area contributed by atoms with Crippen LogP contribution in [-0.4, -0.2) is 69.1 Å². The van der Waals surface area contributed by atoms with E-state index in [0.29, 0.717) is 80.7 Å². The topological polar surface area (TPSA) is 102 Å². The Morgan fingerprint density at radius 2 is 1.36 bits per heavy atom. The fourth-order valence-electron chi connectivity index (χ4n) is 4.62. The van der Waals surface area contributed by atoms with Gasteiger partial charge in [0.1, 0.15) is 11.4 Å². The van der Waals surface area contributed by atoms with Crippen molar-refractivity contribution in [3.63, 3.8) is 0 Å². The molecule has 2 saturated heterocycles. The van der Waals surface area contributed by atoms with Gasteiger partial charge in [-0.05, 0) is 12.1 Å². The first-order valence-electron chi connectivity index (χ1n) is 10.9. The Balaban J connectivity index is 1.67. The van der Waals surface area contributed by atoms with Crippen LogP contribution in [0, 0.1) is 10.1 Å². The average molecular weight is 449 g/mol. The van der Waals surface area contributed by atoms with E-state index in [0.717, 1.165) is 0 Å². The lowest BCUT2D eigenvalue weighted by Crippen LogP contribution is -2.39. The summed E-state index contributed by atoms with van der Waals surface area (Å²) >= 11 is 0. The largest absolute Gasteiger partial charge is 0.378 e. The van der Waals surface area contributed by atoms with Gasteiger partial charge in [0.2, 0.25) is 0 Å². The number of carbonyl (C=O) groups is 2. The number of rotatable bonds is 4. The first kappa shape index (κ1) is 21.3. The van der Waals surface area contributed by atoms with E-state index in [9.17, 15) is 19.7 Å². The lowest BCUT2D eigenvalue weighted by molar-refractivity contribution is -0.383. The summed E-state index contributed by atoms with van der Waals surface area (Å²) in [5.41, 5.74) is 2.13. The highest BCUT2D eigenvalue weighted by Gasteiger charge is 2.35. The molecule has 1 aliphatic carbocycles. The molecule has 2 aromatic rings. The molecule has 0 bridgehead atoms. The van der Waals surface area contributed by atoms with Gasteiger partial charge in [-0.25, -0.2) is 0 Å². The Labute approximate surface area is 190 Å². The Bertz CT molecular complexity index is 1130. The minimum absolute atomic E-state index is 0.0245. The van der Waals surface area contributed by atoms with Crippen LogP contribution in [0.3, 0.4) is 0 Å². The summed E-state index contributed by atoms with van der Waals surface area (Å²) < 4.78 is 10.9. The minimum atomic E-state index is -0.370. The Kier molecular flexibility index (Phi) is 5.65. The number of hydrogen-bond acceptors (Lipinski definition) is 8. The van der Waals surface area contributed by atoms with Gasteiger partial charge in [-0.3, -0.25) is 19.7 Å². The van der Waals surface area contributed by atoms with Crippen molar-refractivity contribution in [2.75, 3.05) is 62.4 Å². The number of allylic oxidation sites excluding steroid dienone is 1. The highest BCUT2D eigenvalue weighted by atomic mass is 16.6. The van der Waals surface area contributed by atoms with E-state index in [-0.39, 0.29) is 27.8 Å². The van der Waals surface area contributed by atoms with Gasteiger partial charge in [0.15, 0.2) is 11.6 Å². The zero-order chi connectivity index (χ0) is 22.9. The smallest absolute Gasteiger partial charge is 0.316 e. The van der Waals surface area contributed by atoms with E-state index in [1.54, 1.807) is 36.4 Å². The van der Waals surface area contributed by atoms with E-state index in [2.05, 4.69) is 0 Å². The number of ether oxygens (including phenoxy) is 2. The van der Waals surface area contributed by atoms with E-state index >= 15 is 0 Å². The number of nitrogens with zero attached hydrogens (tertiary/aromatic N) is 3. The van der Waals surface area contributed by atoms with Gasteiger partial charge in [-0.1, -0.05) is 30.3 Å². The van der Waals surface area contributed by atoms with Crippen molar-refractivity contribution in [3.05, 3.63) is 68.8 Å². The van der Waals surface area contributed by atoms with Crippen LogP contribution >= 0.6 is 0 Å². The van der Waals surface area contributed by atoms with Crippen molar-refractivity contribution in [1.29, 1.82) is 0 Å². The fraction of sp³-hybridized carbons (Fsp3) is 0.333. The molecular weight excluding hydrogens is 426 g/mol. The van der Waals surface area contributed by atoms with E-state index < -0.39 is 0 Å². The average Bonchev–Trinajstić information content (AvgIpc) is 3.09. The van der Waals surface area contributed by atoms with E-state index in [4.69, 9.17) is 9.47 Å². The van der Waals surface area contributed by atoms with Gasteiger partial charge in [-0.2, -0.15) is 0 Å². The van der Waals surface area contributed by atoms with Crippen molar-refractivity contribution in [3.8, 4) is 0 Å². The molecule has 0 amide bonds.